The molecule has 0 unspecified atom stereocenters. The average Bonchev–Trinajstić information content (AvgIpc) is 3.14. The summed E-state index contributed by atoms with van der Waals surface area (Å²) in [6.07, 6.45) is 6.12. The van der Waals surface area contributed by atoms with E-state index in [0.29, 0.717) is 78.5 Å². The maximum absolute atomic E-state index is 6.52. The van der Waals surface area contributed by atoms with Crippen molar-refractivity contribution in [2.45, 2.75) is 203 Å². The first kappa shape index (κ1) is 46.4. The van der Waals surface area contributed by atoms with Crippen LogP contribution in [0, 0.1) is 0 Å². The first-order valence-corrected chi connectivity index (χ1v) is 21.7. The second kappa shape index (κ2) is 24.6. The minimum absolute atomic E-state index is 0.172. The van der Waals surface area contributed by atoms with Gasteiger partial charge in [-0.15, -0.1) is 0 Å². The van der Waals surface area contributed by atoms with Gasteiger partial charge in [0.25, 0.3) is 0 Å². The molecule has 328 valence electrons. The van der Waals surface area contributed by atoms with Crippen LogP contribution >= 0.6 is 0 Å². The third-order valence-electron chi connectivity index (χ3n) is 11.5. The molecular weight excluding hydrogens is 728 g/mol. The Hall–Kier alpha value is -0.640. The fourth-order valence-corrected chi connectivity index (χ4v) is 8.33. The zero-order chi connectivity index (χ0) is 39.9. The normalized spacial score (nSPS) is 45.0. The van der Waals surface area contributed by atoms with E-state index in [1.54, 1.807) is 0 Å². The molecule has 14 fully saturated rings. The Morgan fingerprint density at radius 3 is 0.643 bits per heavy atom. The van der Waals surface area contributed by atoms with Crippen LogP contribution in [0.15, 0.2) is 0 Å². The smallest absolute Gasteiger partial charge is 0.159 e. The number of hydrogen-bond donors (Lipinski definition) is 4. The zero-order valence-electron chi connectivity index (χ0n) is 34.6. The van der Waals surface area contributed by atoms with Crippen LogP contribution in [0.5, 0.6) is 0 Å². The molecule has 0 amide bonds. The molecule has 0 aromatic rings. The minimum Gasteiger partial charge on any atom is -0.374 e. The first-order valence-electron chi connectivity index (χ1n) is 21.7. The van der Waals surface area contributed by atoms with Crippen LogP contribution in [0.4, 0.5) is 0 Å². The molecule has 14 rings (SSSR count). The third kappa shape index (κ3) is 14.8. The van der Waals surface area contributed by atoms with Crippen LogP contribution in [0.1, 0.15) is 105 Å². The lowest BCUT2D eigenvalue weighted by Gasteiger charge is -2.39. The lowest BCUT2D eigenvalue weighted by molar-refractivity contribution is -0.237. The van der Waals surface area contributed by atoms with E-state index in [2.05, 4.69) is 0 Å². The molecule has 14 saturated heterocycles. The summed E-state index contributed by atoms with van der Waals surface area (Å²) >= 11 is 0. The van der Waals surface area contributed by atoms with Crippen molar-refractivity contribution in [1.29, 1.82) is 0 Å². The van der Waals surface area contributed by atoms with Crippen molar-refractivity contribution in [2.75, 3.05) is 52.9 Å². The SMILES string of the molecule is C[C@@H]1O[C@@H]2C[C@@H](N)[C@@H]1OCCCCO[C@H]1[C@H](N)C[C@H](OCCCCO[C@H]3C[C@@H](N)[C@H](OCCCCO[C@H]4[C@H](N)C[C@H](OCCCCO2)O[C@H]4C)[C@H](C)O3)O[C@H]1C. The van der Waals surface area contributed by atoms with Gasteiger partial charge in [-0.1, -0.05) is 0 Å². The molecule has 16 atom stereocenters. The maximum Gasteiger partial charge on any atom is 0.159 e. The molecule has 14 aliphatic heterocycles. The topological polar surface area (TPSA) is 215 Å². The largest absolute Gasteiger partial charge is 0.374 e. The molecule has 0 radical (unpaired) electrons. The summed E-state index contributed by atoms with van der Waals surface area (Å²) in [5, 5.41) is 0. The summed E-state index contributed by atoms with van der Waals surface area (Å²) in [4.78, 5) is 0. The van der Waals surface area contributed by atoms with Gasteiger partial charge in [0.1, 0.15) is 0 Å². The van der Waals surface area contributed by atoms with E-state index in [9.17, 15) is 0 Å². The Morgan fingerprint density at radius 1 is 0.286 bits per heavy atom. The second-order valence-corrected chi connectivity index (χ2v) is 16.3. The highest BCUT2D eigenvalue weighted by Crippen LogP contribution is 2.27. The summed E-state index contributed by atoms with van der Waals surface area (Å²) in [5.74, 6) is 0. The van der Waals surface area contributed by atoms with Gasteiger partial charge >= 0.3 is 0 Å². The van der Waals surface area contributed by atoms with E-state index in [1.807, 2.05) is 27.7 Å². The van der Waals surface area contributed by atoms with Crippen LogP contribution in [0.2, 0.25) is 0 Å². The van der Waals surface area contributed by atoms with Crippen LogP contribution in [-0.4, -0.2) is 151 Å². The van der Waals surface area contributed by atoms with Crippen LogP contribution < -0.4 is 22.9 Å². The van der Waals surface area contributed by atoms with E-state index >= 15 is 0 Å². The van der Waals surface area contributed by atoms with Gasteiger partial charge in [-0.3, -0.25) is 0 Å². The molecule has 56 heavy (non-hydrogen) atoms. The third-order valence-corrected chi connectivity index (χ3v) is 11.5. The van der Waals surface area contributed by atoms with E-state index in [0.717, 1.165) is 51.4 Å². The van der Waals surface area contributed by atoms with Gasteiger partial charge in [-0.05, 0) is 79.1 Å². The van der Waals surface area contributed by atoms with Crippen molar-refractivity contribution in [3.63, 3.8) is 0 Å². The maximum atomic E-state index is 6.52. The molecule has 16 nitrogen and oxygen atoms in total. The highest BCUT2D eigenvalue weighted by molar-refractivity contribution is 4.88. The summed E-state index contributed by atoms with van der Waals surface area (Å²) in [7, 11) is 0. The van der Waals surface area contributed by atoms with Crippen LogP contribution in [-0.2, 0) is 56.8 Å². The Balaban J connectivity index is 1.05. The fourth-order valence-electron chi connectivity index (χ4n) is 8.33. The summed E-state index contributed by atoms with van der Waals surface area (Å²) < 4.78 is 73.3. The minimum atomic E-state index is -0.353. The molecule has 0 spiro atoms. The van der Waals surface area contributed by atoms with Gasteiger partial charge in [0.05, 0.1) is 48.8 Å². The molecule has 8 bridgehead atoms. The summed E-state index contributed by atoms with van der Waals surface area (Å²) in [6.45, 7) is 12.5. The van der Waals surface area contributed by atoms with Crippen LogP contribution in [0.25, 0.3) is 0 Å². The molecule has 0 aromatic heterocycles. The zero-order valence-corrected chi connectivity index (χ0v) is 34.6. The van der Waals surface area contributed by atoms with Crippen molar-refractivity contribution in [3.05, 3.63) is 0 Å². The first-order chi connectivity index (χ1) is 27.1. The van der Waals surface area contributed by atoms with Gasteiger partial charge in [-0.2, -0.15) is 0 Å². The lowest BCUT2D eigenvalue weighted by Crippen LogP contribution is -2.53. The summed E-state index contributed by atoms with van der Waals surface area (Å²) in [5.41, 5.74) is 26.1. The fraction of sp³-hybridized carbons (Fsp3) is 1.00. The molecule has 0 aliphatic carbocycles. The highest BCUT2D eigenvalue weighted by Gasteiger charge is 2.39. The van der Waals surface area contributed by atoms with Crippen LogP contribution in [0.3, 0.4) is 0 Å². The van der Waals surface area contributed by atoms with E-state index in [4.69, 9.17) is 79.8 Å². The van der Waals surface area contributed by atoms with Gasteiger partial charge in [0.15, 0.2) is 25.2 Å². The monoisotopic (exact) mass is 805 g/mol. The number of hydrogen-bond acceptors (Lipinski definition) is 16. The van der Waals surface area contributed by atoms with E-state index < -0.39 is 0 Å². The van der Waals surface area contributed by atoms with Gasteiger partial charge < -0.3 is 79.8 Å². The number of rotatable bonds is 0. The lowest BCUT2D eigenvalue weighted by atomic mass is 10.00. The quantitative estimate of drug-likeness (QED) is 0.277. The van der Waals surface area contributed by atoms with E-state index in [1.165, 1.54) is 0 Å². The van der Waals surface area contributed by atoms with E-state index in [-0.39, 0.29) is 98.2 Å². The van der Waals surface area contributed by atoms with Crippen molar-refractivity contribution < 1.29 is 56.8 Å². The Morgan fingerprint density at radius 2 is 0.464 bits per heavy atom. The molecule has 16 heteroatoms. The predicted molar refractivity (Wildman–Crippen MR) is 207 cm³/mol. The summed E-state index contributed by atoms with van der Waals surface area (Å²) in [6, 6.07) is -0.687. The second-order valence-electron chi connectivity index (χ2n) is 16.3. The highest BCUT2D eigenvalue weighted by atomic mass is 16.7. The Kier molecular flexibility index (Phi) is 20.4. The number of ether oxygens (including phenoxy) is 12. The molecule has 8 N–H and O–H groups in total. The standard InChI is InChI=1S/C40H76N4O12/c1-25-37-29(41)21-33(53-25)45-13-5-6-14-46-34-23-31(43)39(27(3)55-34)51-19-11-12-20-52-40-28(4)56-36(24-32(40)44)48-16-8-7-15-47-35-22-30(42)38(26(2)54-35)50-18-10-9-17-49-37/h25-40H,5-24,41-44H2,1-4H3/t25-,26-,27-,28-,29+,30+,31+,32+,33+,34+,35+,36+,37+,38+,39+,40+/m0/s1. The Bertz CT molecular complexity index is 865. The predicted octanol–water partition coefficient (Wildman–Crippen LogP) is 2.58. The Labute approximate surface area is 335 Å². The average molecular weight is 805 g/mol. The van der Waals surface area contributed by atoms with Gasteiger partial charge in [0, 0.05) is 103 Å². The molecule has 0 aromatic carbocycles. The number of nitrogens with two attached hydrogens (primary N) is 4. The molecule has 0 saturated carbocycles. The van der Waals surface area contributed by atoms with Crippen molar-refractivity contribution in [1.82, 2.24) is 0 Å². The molecular formula is C40H76N4O12. The van der Waals surface area contributed by atoms with Gasteiger partial charge in [-0.25, -0.2) is 0 Å². The molecule has 14 heterocycles. The molecule has 14 aliphatic rings. The van der Waals surface area contributed by atoms with Crippen molar-refractivity contribution in [2.24, 2.45) is 22.9 Å². The van der Waals surface area contributed by atoms with Crippen molar-refractivity contribution >= 4 is 0 Å². The van der Waals surface area contributed by atoms with Gasteiger partial charge in [0.2, 0.25) is 0 Å². The van der Waals surface area contributed by atoms with Crippen molar-refractivity contribution in [3.8, 4) is 0 Å².